The summed E-state index contributed by atoms with van der Waals surface area (Å²) in [7, 11) is 1.49. The van der Waals surface area contributed by atoms with Crippen LogP contribution in [-0.2, 0) is 9.59 Å². The molecule has 0 atom stereocenters. The maximum atomic E-state index is 12.7. The van der Waals surface area contributed by atoms with Gasteiger partial charge in [0.1, 0.15) is 12.2 Å². The molecule has 0 saturated carbocycles. The third kappa shape index (κ3) is 5.16. The standard InChI is InChI=1S/C22H22ClN3O5/c1-4-31-19-11-16(23)14(10-18(19)30-3)9-17-21(28)26(22(29)25-17)12-20(27)24-15-7-5-13(2)6-8-15/h5-11H,4,12H2,1-3H3,(H,24,27)(H,25,29)/b17-9+. The molecule has 0 spiro atoms. The van der Waals surface area contributed by atoms with Gasteiger partial charge < -0.3 is 20.1 Å². The molecule has 9 heteroatoms. The molecule has 0 aromatic heterocycles. The summed E-state index contributed by atoms with van der Waals surface area (Å²) in [6, 6.07) is 9.66. The van der Waals surface area contributed by atoms with Crippen molar-refractivity contribution in [3.8, 4) is 11.5 Å². The van der Waals surface area contributed by atoms with Gasteiger partial charge in [-0.05, 0) is 43.7 Å². The monoisotopic (exact) mass is 443 g/mol. The number of aryl methyl sites for hydroxylation is 1. The summed E-state index contributed by atoms with van der Waals surface area (Å²) in [5.74, 6) is -0.222. The highest BCUT2D eigenvalue weighted by atomic mass is 35.5. The lowest BCUT2D eigenvalue weighted by Crippen LogP contribution is -2.38. The van der Waals surface area contributed by atoms with Crippen LogP contribution in [0.15, 0.2) is 42.1 Å². The maximum Gasteiger partial charge on any atom is 0.329 e. The number of halogens is 1. The highest BCUT2D eigenvalue weighted by Gasteiger charge is 2.35. The van der Waals surface area contributed by atoms with E-state index < -0.39 is 24.4 Å². The summed E-state index contributed by atoms with van der Waals surface area (Å²) in [6.45, 7) is 3.77. The van der Waals surface area contributed by atoms with Crippen molar-refractivity contribution < 1.29 is 23.9 Å². The number of nitrogens with one attached hydrogen (secondary N) is 2. The first-order valence-electron chi connectivity index (χ1n) is 9.53. The number of imide groups is 1. The molecule has 0 unspecified atom stereocenters. The summed E-state index contributed by atoms with van der Waals surface area (Å²) >= 11 is 6.30. The van der Waals surface area contributed by atoms with E-state index in [4.69, 9.17) is 21.1 Å². The van der Waals surface area contributed by atoms with Crippen molar-refractivity contribution in [1.29, 1.82) is 0 Å². The molecule has 1 heterocycles. The molecule has 0 bridgehead atoms. The lowest BCUT2D eigenvalue weighted by molar-refractivity contribution is -0.127. The Bertz CT molecular complexity index is 1050. The number of amides is 4. The van der Waals surface area contributed by atoms with Crippen LogP contribution in [-0.4, -0.2) is 43.0 Å². The summed E-state index contributed by atoms with van der Waals surface area (Å²) in [5, 5.41) is 5.45. The Morgan fingerprint density at radius 3 is 2.55 bits per heavy atom. The third-order valence-corrected chi connectivity index (χ3v) is 4.81. The van der Waals surface area contributed by atoms with Crippen LogP contribution >= 0.6 is 11.6 Å². The van der Waals surface area contributed by atoms with Crippen molar-refractivity contribution in [3.05, 3.63) is 58.2 Å². The van der Waals surface area contributed by atoms with Gasteiger partial charge in [0.15, 0.2) is 11.5 Å². The lowest BCUT2D eigenvalue weighted by atomic mass is 10.1. The molecule has 2 N–H and O–H groups in total. The number of hydrogen-bond donors (Lipinski definition) is 2. The van der Waals surface area contributed by atoms with Crippen molar-refractivity contribution in [3.63, 3.8) is 0 Å². The fourth-order valence-corrected chi connectivity index (χ4v) is 3.15. The smallest absolute Gasteiger partial charge is 0.329 e. The van der Waals surface area contributed by atoms with Crippen LogP contribution in [0.25, 0.3) is 6.08 Å². The highest BCUT2D eigenvalue weighted by Crippen LogP contribution is 2.34. The number of urea groups is 1. The summed E-state index contributed by atoms with van der Waals surface area (Å²) in [4.78, 5) is 38.1. The number of hydrogen-bond acceptors (Lipinski definition) is 5. The maximum absolute atomic E-state index is 12.7. The van der Waals surface area contributed by atoms with Gasteiger partial charge >= 0.3 is 6.03 Å². The number of carbonyl (C=O) groups is 3. The van der Waals surface area contributed by atoms with E-state index in [2.05, 4.69) is 10.6 Å². The first-order valence-corrected chi connectivity index (χ1v) is 9.91. The largest absolute Gasteiger partial charge is 0.493 e. The SMILES string of the molecule is CCOc1cc(Cl)c(/C=C2/NC(=O)N(CC(=O)Nc3ccc(C)cc3)C2=O)cc1OC. The average Bonchev–Trinajstić information content (AvgIpc) is 2.99. The second-order valence-corrected chi connectivity index (χ2v) is 7.16. The van der Waals surface area contributed by atoms with Gasteiger partial charge in [-0.15, -0.1) is 0 Å². The summed E-state index contributed by atoms with van der Waals surface area (Å²) in [5.41, 5.74) is 2.08. The van der Waals surface area contributed by atoms with E-state index in [0.717, 1.165) is 10.5 Å². The van der Waals surface area contributed by atoms with Gasteiger partial charge in [0.25, 0.3) is 5.91 Å². The first kappa shape index (κ1) is 22.2. The minimum atomic E-state index is -0.690. The molecule has 1 fully saturated rings. The Labute approximate surface area is 184 Å². The van der Waals surface area contributed by atoms with E-state index in [1.165, 1.54) is 13.2 Å². The summed E-state index contributed by atoms with van der Waals surface area (Å²) < 4.78 is 10.8. The normalized spacial score (nSPS) is 14.6. The first-order chi connectivity index (χ1) is 14.8. The van der Waals surface area contributed by atoms with E-state index >= 15 is 0 Å². The molecule has 4 amide bonds. The van der Waals surface area contributed by atoms with Crippen molar-refractivity contribution >= 4 is 41.2 Å². The second kappa shape index (κ2) is 9.53. The number of anilines is 1. The number of rotatable bonds is 7. The number of nitrogens with zero attached hydrogens (tertiary/aromatic N) is 1. The summed E-state index contributed by atoms with van der Waals surface area (Å²) in [6.07, 6.45) is 1.43. The zero-order chi connectivity index (χ0) is 22.5. The van der Waals surface area contributed by atoms with Gasteiger partial charge in [0.2, 0.25) is 5.91 Å². The fraction of sp³-hybridized carbons (Fsp3) is 0.227. The minimum absolute atomic E-state index is 0.00116. The Hall–Kier alpha value is -3.52. The Morgan fingerprint density at radius 2 is 1.90 bits per heavy atom. The van der Waals surface area contributed by atoms with E-state index in [0.29, 0.717) is 34.4 Å². The predicted octanol–water partition coefficient (Wildman–Crippen LogP) is 3.59. The van der Waals surface area contributed by atoms with E-state index in [1.807, 2.05) is 26.0 Å². The van der Waals surface area contributed by atoms with Crippen molar-refractivity contribution in [1.82, 2.24) is 10.2 Å². The van der Waals surface area contributed by atoms with Crippen LogP contribution in [0, 0.1) is 6.92 Å². The van der Waals surface area contributed by atoms with Crippen LogP contribution in [0.2, 0.25) is 5.02 Å². The van der Waals surface area contributed by atoms with Crippen LogP contribution < -0.4 is 20.1 Å². The van der Waals surface area contributed by atoms with E-state index in [-0.39, 0.29) is 5.70 Å². The predicted molar refractivity (Wildman–Crippen MR) is 117 cm³/mol. The molecule has 8 nitrogen and oxygen atoms in total. The van der Waals surface area contributed by atoms with Gasteiger partial charge in [-0.1, -0.05) is 29.3 Å². The van der Waals surface area contributed by atoms with Crippen molar-refractivity contribution in [2.24, 2.45) is 0 Å². The molecule has 3 rings (SSSR count). The van der Waals surface area contributed by atoms with Crippen molar-refractivity contribution in [2.45, 2.75) is 13.8 Å². The lowest BCUT2D eigenvalue weighted by Gasteiger charge is -2.12. The molecule has 2 aromatic rings. The molecule has 162 valence electrons. The number of benzene rings is 2. The van der Waals surface area contributed by atoms with Gasteiger partial charge in [-0.25, -0.2) is 9.69 Å². The molecule has 0 aliphatic carbocycles. The Kier molecular flexibility index (Phi) is 6.81. The van der Waals surface area contributed by atoms with E-state index in [9.17, 15) is 14.4 Å². The van der Waals surface area contributed by atoms with Crippen LogP contribution in [0.5, 0.6) is 11.5 Å². The van der Waals surface area contributed by atoms with Gasteiger partial charge in [0, 0.05) is 11.8 Å². The molecule has 2 aromatic carbocycles. The molecule has 0 radical (unpaired) electrons. The quantitative estimate of drug-likeness (QED) is 0.503. The number of methoxy groups -OCH3 is 1. The number of carbonyl (C=O) groups excluding carboxylic acids is 3. The zero-order valence-electron chi connectivity index (χ0n) is 17.3. The number of ether oxygens (including phenoxy) is 2. The van der Waals surface area contributed by atoms with E-state index in [1.54, 1.807) is 24.3 Å². The Balaban J connectivity index is 1.75. The van der Waals surface area contributed by atoms with Gasteiger partial charge in [-0.3, -0.25) is 9.59 Å². The zero-order valence-corrected chi connectivity index (χ0v) is 18.1. The fourth-order valence-electron chi connectivity index (χ4n) is 2.94. The molecule has 1 aliphatic rings. The Morgan fingerprint density at radius 1 is 1.19 bits per heavy atom. The van der Waals surface area contributed by atoms with Gasteiger partial charge in [0.05, 0.1) is 18.7 Å². The van der Waals surface area contributed by atoms with Gasteiger partial charge in [-0.2, -0.15) is 0 Å². The molecular weight excluding hydrogens is 422 g/mol. The average molecular weight is 444 g/mol. The molecular formula is C22H22ClN3O5. The third-order valence-electron chi connectivity index (χ3n) is 4.48. The van der Waals surface area contributed by atoms with Crippen LogP contribution in [0.3, 0.4) is 0 Å². The molecule has 1 aliphatic heterocycles. The molecule has 1 saturated heterocycles. The van der Waals surface area contributed by atoms with Crippen molar-refractivity contribution in [2.75, 3.05) is 25.6 Å². The second-order valence-electron chi connectivity index (χ2n) is 6.75. The molecule has 31 heavy (non-hydrogen) atoms. The highest BCUT2D eigenvalue weighted by molar-refractivity contribution is 6.32. The van der Waals surface area contributed by atoms with Crippen LogP contribution in [0.1, 0.15) is 18.1 Å². The van der Waals surface area contributed by atoms with Crippen LogP contribution in [0.4, 0.5) is 10.5 Å². The topological polar surface area (TPSA) is 97.0 Å². The minimum Gasteiger partial charge on any atom is -0.493 e.